The number of nitrogens with zero attached hydrogens (tertiary/aromatic N) is 2. The van der Waals surface area contributed by atoms with Crippen LogP contribution in [0.25, 0.3) is 10.1 Å². The highest BCUT2D eigenvalue weighted by molar-refractivity contribution is 7.89. The Morgan fingerprint density at radius 1 is 1.03 bits per heavy atom. The second-order valence-electron chi connectivity index (χ2n) is 7.16. The third-order valence-corrected chi connectivity index (χ3v) is 8.24. The predicted molar refractivity (Wildman–Crippen MR) is 133 cm³/mol. The summed E-state index contributed by atoms with van der Waals surface area (Å²) in [7, 11) is -3.74. The molecule has 3 N–H and O–H groups in total. The zero-order valence-corrected chi connectivity index (χ0v) is 20.5. The number of nitrogens with one attached hydrogen (secondary N) is 1. The molecule has 0 aliphatic carbocycles. The van der Waals surface area contributed by atoms with Gasteiger partial charge in [0.05, 0.1) is 9.92 Å². The normalized spacial score (nSPS) is 14.6. The maximum Gasteiger partial charge on any atom is 0.265 e. The number of anilines is 1. The summed E-state index contributed by atoms with van der Waals surface area (Å²) in [4.78, 5) is 17.3. The third kappa shape index (κ3) is 4.85. The summed E-state index contributed by atoms with van der Waals surface area (Å²) in [6.45, 7) is 2.11. The van der Waals surface area contributed by atoms with E-state index in [2.05, 4.69) is 5.32 Å². The molecule has 1 amide bonds. The molecule has 1 aliphatic rings. The first-order chi connectivity index (χ1) is 15.1. The van der Waals surface area contributed by atoms with Crippen molar-refractivity contribution in [3.8, 4) is 0 Å². The quantitative estimate of drug-likeness (QED) is 0.498. The van der Waals surface area contributed by atoms with E-state index in [9.17, 15) is 13.2 Å². The molecule has 0 spiro atoms. The summed E-state index contributed by atoms with van der Waals surface area (Å²) in [6.07, 6.45) is 0. The van der Waals surface area contributed by atoms with Crippen molar-refractivity contribution in [2.24, 2.45) is 5.14 Å². The molecule has 32 heavy (non-hydrogen) atoms. The number of halogens is 2. The SMILES string of the molecule is NS(=O)(=O)c1ccc(NC(=S)N2CCN(C(=O)c3sc4cc(Cl)ccc4c3Cl)CC2)cc1. The van der Waals surface area contributed by atoms with Crippen molar-refractivity contribution in [2.45, 2.75) is 4.90 Å². The Balaban J connectivity index is 1.38. The fourth-order valence-corrected chi connectivity index (χ4v) is 5.94. The second kappa shape index (κ2) is 9.12. The molecule has 0 unspecified atom stereocenters. The number of fused-ring (bicyclic) bond motifs is 1. The molecule has 1 aromatic heterocycles. The van der Waals surface area contributed by atoms with Gasteiger partial charge in [0, 0.05) is 47.0 Å². The lowest BCUT2D eigenvalue weighted by atomic mass is 10.2. The molecule has 4 rings (SSSR count). The van der Waals surface area contributed by atoms with Crippen LogP contribution in [-0.2, 0) is 10.0 Å². The van der Waals surface area contributed by atoms with E-state index in [0.29, 0.717) is 51.9 Å². The number of piperazine rings is 1. The van der Waals surface area contributed by atoms with Gasteiger partial charge in [-0.25, -0.2) is 13.6 Å². The van der Waals surface area contributed by atoms with Crippen molar-refractivity contribution >= 4 is 83.6 Å². The van der Waals surface area contributed by atoms with Crippen LogP contribution in [0.4, 0.5) is 5.69 Å². The molecule has 7 nitrogen and oxygen atoms in total. The summed E-state index contributed by atoms with van der Waals surface area (Å²) in [5.74, 6) is -0.107. The van der Waals surface area contributed by atoms with E-state index in [1.54, 1.807) is 23.1 Å². The molecule has 0 bridgehead atoms. The molecule has 168 valence electrons. The largest absolute Gasteiger partial charge is 0.345 e. The molecule has 2 aromatic carbocycles. The molecular weight excluding hydrogens is 511 g/mol. The molecule has 3 aromatic rings. The van der Waals surface area contributed by atoms with Gasteiger partial charge in [-0.3, -0.25) is 4.79 Å². The fourth-order valence-electron chi connectivity index (χ4n) is 3.36. The minimum absolute atomic E-state index is 0.0308. The first-order valence-electron chi connectivity index (χ1n) is 9.49. The zero-order valence-electron chi connectivity index (χ0n) is 16.5. The number of nitrogens with two attached hydrogens (primary N) is 1. The van der Waals surface area contributed by atoms with Crippen LogP contribution in [0.3, 0.4) is 0 Å². The minimum Gasteiger partial charge on any atom is -0.345 e. The number of rotatable bonds is 3. The number of thiophene rings is 1. The van der Waals surface area contributed by atoms with Crippen LogP contribution in [0.15, 0.2) is 47.4 Å². The number of carbonyl (C=O) groups excluding carboxylic acids is 1. The van der Waals surface area contributed by atoms with Crippen molar-refractivity contribution in [3.05, 3.63) is 57.4 Å². The lowest BCUT2D eigenvalue weighted by Crippen LogP contribution is -2.51. The highest BCUT2D eigenvalue weighted by Crippen LogP contribution is 2.37. The van der Waals surface area contributed by atoms with E-state index in [1.807, 2.05) is 17.0 Å². The van der Waals surface area contributed by atoms with Gasteiger partial charge in [-0.2, -0.15) is 0 Å². The Morgan fingerprint density at radius 3 is 2.28 bits per heavy atom. The van der Waals surface area contributed by atoms with Crippen LogP contribution in [-0.4, -0.2) is 55.4 Å². The van der Waals surface area contributed by atoms with E-state index in [-0.39, 0.29) is 10.8 Å². The van der Waals surface area contributed by atoms with E-state index >= 15 is 0 Å². The Hall–Kier alpha value is -1.95. The van der Waals surface area contributed by atoms with Gasteiger partial charge in [0.25, 0.3) is 5.91 Å². The van der Waals surface area contributed by atoms with E-state index in [4.69, 9.17) is 40.6 Å². The van der Waals surface area contributed by atoms with Gasteiger partial charge < -0.3 is 15.1 Å². The highest BCUT2D eigenvalue weighted by atomic mass is 35.5. The van der Waals surface area contributed by atoms with Crippen LogP contribution in [0, 0.1) is 0 Å². The number of primary sulfonamides is 1. The minimum atomic E-state index is -3.74. The molecule has 1 saturated heterocycles. The maximum absolute atomic E-state index is 13.0. The van der Waals surface area contributed by atoms with Crippen molar-refractivity contribution in [2.75, 3.05) is 31.5 Å². The van der Waals surface area contributed by atoms with Crippen LogP contribution in [0.5, 0.6) is 0 Å². The number of thiocarbonyl (C=S) groups is 1. The highest BCUT2D eigenvalue weighted by Gasteiger charge is 2.27. The standard InChI is InChI=1S/C20H18Cl2N4O3S3/c21-12-1-6-15-16(11-12)31-18(17(15)22)19(27)25-7-9-26(10-8-25)20(30)24-13-2-4-14(5-3-13)32(23,28)29/h1-6,11H,7-10H2,(H,24,30)(H2,23,28,29). The van der Waals surface area contributed by atoms with Crippen LogP contribution < -0.4 is 10.5 Å². The van der Waals surface area contributed by atoms with Gasteiger partial charge in [-0.05, 0) is 48.6 Å². The number of sulfonamides is 1. The molecular formula is C20H18Cl2N4O3S3. The first-order valence-corrected chi connectivity index (χ1v) is 13.0. The number of benzene rings is 2. The number of hydrogen-bond acceptors (Lipinski definition) is 5. The molecule has 12 heteroatoms. The number of amides is 1. The van der Waals surface area contributed by atoms with Crippen molar-refractivity contribution in [1.29, 1.82) is 0 Å². The third-order valence-electron chi connectivity index (χ3n) is 5.07. The van der Waals surface area contributed by atoms with Gasteiger partial charge in [0.1, 0.15) is 4.88 Å². The van der Waals surface area contributed by atoms with E-state index < -0.39 is 10.0 Å². The number of hydrogen-bond donors (Lipinski definition) is 2. The topological polar surface area (TPSA) is 95.7 Å². The summed E-state index contributed by atoms with van der Waals surface area (Å²) in [6, 6.07) is 11.4. The molecule has 2 heterocycles. The van der Waals surface area contributed by atoms with E-state index in [0.717, 1.165) is 10.1 Å². The molecule has 1 fully saturated rings. The summed E-state index contributed by atoms with van der Waals surface area (Å²) >= 11 is 19.3. The Bertz CT molecular complexity index is 1300. The van der Waals surface area contributed by atoms with Gasteiger partial charge in [0.2, 0.25) is 10.0 Å². The van der Waals surface area contributed by atoms with E-state index in [1.165, 1.54) is 23.5 Å². The molecule has 0 saturated carbocycles. The van der Waals surface area contributed by atoms with Gasteiger partial charge >= 0.3 is 0 Å². The average molecular weight is 529 g/mol. The van der Waals surface area contributed by atoms with Crippen LogP contribution in [0.2, 0.25) is 10.0 Å². The van der Waals surface area contributed by atoms with Gasteiger partial charge in [-0.1, -0.05) is 29.3 Å². The fraction of sp³-hybridized carbons (Fsp3) is 0.200. The van der Waals surface area contributed by atoms with Crippen molar-refractivity contribution in [1.82, 2.24) is 9.80 Å². The monoisotopic (exact) mass is 528 g/mol. The summed E-state index contributed by atoms with van der Waals surface area (Å²) in [5.41, 5.74) is 0.650. The average Bonchev–Trinajstić information content (AvgIpc) is 3.08. The van der Waals surface area contributed by atoms with Gasteiger partial charge in [0.15, 0.2) is 5.11 Å². The maximum atomic E-state index is 13.0. The number of carbonyl (C=O) groups is 1. The second-order valence-corrected chi connectivity index (χ2v) is 11.0. The molecule has 0 atom stereocenters. The Morgan fingerprint density at radius 2 is 1.66 bits per heavy atom. The summed E-state index contributed by atoms with van der Waals surface area (Å²) < 4.78 is 23.6. The lowest BCUT2D eigenvalue weighted by Gasteiger charge is -2.36. The first kappa shape index (κ1) is 23.2. The molecule has 0 radical (unpaired) electrons. The Kier molecular flexibility index (Phi) is 6.62. The van der Waals surface area contributed by atoms with Crippen molar-refractivity contribution in [3.63, 3.8) is 0 Å². The molecule has 1 aliphatic heterocycles. The smallest absolute Gasteiger partial charge is 0.265 e. The van der Waals surface area contributed by atoms with Crippen LogP contribution in [0.1, 0.15) is 9.67 Å². The lowest BCUT2D eigenvalue weighted by molar-refractivity contribution is 0.0698. The van der Waals surface area contributed by atoms with Gasteiger partial charge in [-0.15, -0.1) is 11.3 Å². The summed E-state index contributed by atoms with van der Waals surface area (Å²) in [5, 5.41) is 10.6. The van der Waals surface area contributed by atoms with Crippen LogP contribution >= 0.6 is 46.8 Å². The predicted octanol–water partition coefficient (Wildman–Crippen LogP) is 4.01. The Labute approximate surface area is 204 Å². The zero-order chi connectivity index (χ0) is 23.0. The van der Waals surface area contributed by atoms with Crippen molar-refractivity contribution < 1.29 is 13.2 Å².